The summed E-state index contributed by atoms with van der Waals surface area (Å²) in [5, 5.41) is 11.7. The molecule has 156 valence electrons. The average Bonchev–Trinajstić information content (AvgIpc) is 3.33. The van der Waals surface area contributed by atoms with Crippen LogP contribution in [0.25, 0.3) is 15.9 Å². The molecule has 0 fully saturated rings. The fourth-order valence-corrected chi connectivity index (χ4v) is 6.40. The van der Waals surface area contributed by atoms with E-state index in [9.17, 15) is 4.39 Å². The Morgan fingerprint density at radius 1 is 1.27 bits per heavy atom. The molecule has 0 aliphatic carbocycles. The number of fused-ring (bicyclic) bond motifs is 5. The van der Waals surface area contributed by atoms with Crippen LogP contribution in [0.1, 0.15) is 36.3 Å². The summed E-state index contributed by atoms with van der Waals surface area (Å²) in [7, 11) is 0. The molecule has 0 unspecified atom stereocenters. The van der Waals surface area contributed by atoms with Gasteiger partial charge in [0.1, 0.15) is 10.6 Å². The molecule has 9 heteroatoms. The van der Waals surface area contributed by atoms with Crippen LogP contribution >= 0.6 is 34.9 Å². The van der Waals surface area contributed by atoms with Gasteiger partial charge in [-0.1, -0.05) is 48.6 Å². The highest BCUT2D eigenvalue weighted by Gasteiger charge is 2.33. The van der Waals surface area contributed by atoms with Crippen molar-refractivity contribution in [2.45, 2.75) is 55.0 Å². The summed E-state index contributed by atoms with van der Waals surface area (Å²) in [4.78, 5) is 7.14. The van der Waals surface area contributed by atoms with Crippen LogP contribution in [0.4, 0.5) is 4.39 Å². The summed E-state index contributed by atoms with van der Waals surface area (Å²) >= 11 is 4.74. The summed E-state index contributed by atoms with van der Waals surface area (Å²) in [5.41, 5.74) is 2.60. The van der Waals surface area contributed by atoms with Gasteiger partial charge in [-0.15, -0.1) is 21.5 Å². The molecule has 1 atom stereocenters. The second-order valence-electron chi connectivity index (χ2n) is 7.57. The van der Waals surface area contributed by atoms with Crippen molar-refractivity contribution < 1.29 is 9.13 Å². The molecule has 1 aromatic carbocycles. The van der Waals surface area contributed by atoms with Gasteiger partial charge in [0.2, 0.25) is 0 Å². The molecule has 30 heavy (non-hydrogen) atoms. The maximum absolute atomic E-state index is 14.1. The molecule has 0 saturated heterocycles. The van der Waals surface area contributed by atoms with Crippen molar-refractivity contribution in [3.63, 3.8) is 0 Å². The minimum atomic E-state index is -0.199. The van der Waals surface area contributed by atoms with Crippen molar-refractivity contribution in [3.05, 3.63) is 46.1 Å². The number of thioether (sulfide) groups is 2. The van der Waals surface area contributed by atoms with Crippen LogP contribution in [0.15, 0.2) is 34.6 Å². The largest absolute Gasteiger partial charge is 0.369 e. The van der Waals surface area contributed by atoms with Crippen molar-refractivity contribution in [2.75, 3.05) is 6.26 Å². The van der Waals surface area contributed by atoms with Crippen molar-refractivity contribution in [1.29, 1.82) is 0 Å². The van der Waals surface area contributed by atoms with Gasteiger partial charge in [-0.05, 0) is 36.8 Å². The number of hydrogen-bond donors (Lipinski definition) is 0. The maximum atomic E-state index is 14.1. The van der Waals surface area contributed by atoms with Crippen molar-refractivity contribution in [3.8, 4) is 0 Å². The molecule has 4 heterocycles. The van der Waals surface area contributed by atoms with Crippen molar-refractivity contribution in [2.24, 2.45) is 0 Å². The van der Waals surface area contributed by atoms with Crippen LogP contribution in [0.3, 0.4) is 0 Å². The van der Waals surface area contributed by atoms with E-state index in [0.717, 1.165) is 39.0 Å². The van der Waals surface area contributed by atoms with E-state index in [1.165, 1.54) is 28.3 Å². The predicted molar refractivity (Wildman–Crippen MR) is 121 cm³/mol. The lowest BCUT2D eigenvalue weighted by Crippen LogP contribution is -2.33. The number of thiophene rings is 1. The third kappa shape index (κ3) is 3.32. The molecule has 0 bridgehead atoms. The maximum Gasteiger partial charge on any atom is 0.198 e. The lowest BCUT2D eigenvalue weighted by molar-refractivity contribution is -0.0542. The molecule has 1 aliphatic heterocycles. The number of rotatable bonds is 5. The number of aromatic nitrogens is 4. The molecule has 0 radical (unpaired) electrons. The average molecular weight is 461 g/mol. The molecule has 4 aromatic rings. The number of ether oxygens (including phenoxy) is 1. The topological polar surface area (TPSA) is 52.3 Å². The lowest BCUT2D eigenvalue weighted by Gasteiger charge is -2.32. The Hall–Kier alpha value is -1.68. The van der Waals surface area contributed by atoms with E-state index in [0.29, 0.717) is 17.9 Å². The molecule has 0 N–H and O–H groups in total. The zero-order chi connectivity index (χ0) is 20.9. The normalized spacial score (nSPS) is 18.9. The first kappa shape index (κ1) is 20.2. The molecule has 5 nitrogen and oxygen atoms in total. The molecule has 0 saturated carbocycles. The monoisotopic (exact) mass is 460 g/mol. The zero-order valence-electron chi connectivity index (χ0n) is 16.9. The molecule has 0 amide bonds. The minimum absolute atomic E-state index is 0.168. The Balaban J connectivity index is 1.62. The fraction of sp³-hybridized carbons (Fsp3) is 0.381. The third-order valence-electron chi connectivity index (χ3n) is 5.67. The highest BCUT2D eigenvalue weighted by Crippen LogP contribution is 2.42. The summed E-state index contributed by atoms with van der Waals surface area (Å²) in [6.45, 7) is 4.94. The Morgan fingerprint density at radius 2 is 2.10 bits per heavy atom. The summed E-state index contributed by atoms with van der Waals surface area (Å²) in [6.07, 6.45) is 3.80. The second-order valence-corrected chi connectivity index (χ2v) is 10.4. The number of halogens is 1. The van der Waals surface area contributed by atoms with Crippen LogP contribution in [-0.4, -0.2) is 31.4 Å². The molecular weight excluding hydrogens is 439 g/mol. The van der Waals surface area contributed by atoms with Crippen LogP contribution in [0.5, 0.6) is 0 Å². The van der Waals surface area contributed by atoms with Crippen molar-refractivity contribution >= 4 is 50.7 Å². The van der Waals surface area contributed by atoms with Gasteiger partial charge in [0, 0.05) is 17.1 Å². The van der Waals surface area contributed by atoms with Crippen molar-refractivity contribution in [1.82, 2.24) is 19.6 Å². The smallest absolute Gasteiger partial charge is 0.198 e. The number of hydrogen-bond acceptors (Lipinski definition) is 7. The molecule has 3 aromatic heterocycles. The van der Waals surface area contributed by atoms with Crippen LogP contribution in [-0.2, 0) is 23.5 Å². The standard InChI is InChI=1S/C21H21FN4OS3/c1-4-21(2)9-13-15(10-27-21)30-18-16(13)17-24-25-20(26(17)19(23-18)28-3)29-11-12-7-5-6-8-14(12)22/h5-8H,4,9-11H2,1-3H3/t21-/m0/s1. The first-order valence-electron chi connectivity index (χ1n) is 9.76. The minimum Gasteiger partial charge on any atom is -0.369 e. The summed E-state index contributed by atoms with van der Waals surface area (Å²) in [6, 6.07) is 6.85. The highest BCUT2D eigenvalue weighted by molar-refractivity contribution is 7.99. The van der Waals surface area contributed by atoms with Gasteiger partial charge in [0.15, 0.2) is 16.0 Å². The van der Waals surface area contributed by atoms with Gasteiger partial charge in [-0.3, -0.25) is 0 Å². The first-order valence-corrected chi connectivity index (χ1v) is 12.8. The molecule has 1 aliphatic rings. The fourth-order valence-electron chi connectivity index (χ4n) is 3.73. The van der Waals surface area contributed by atoms with E-state index < -0.39 is 0 Å². The SMILES string of the molecule is CC[C@@]1(C)Cc2c(sc3nc(SC)n4c(SCc5ccccc5F)nnc4c23)CO1. The number of benzene rings is 1. The van der Waals surface area contributed by atoms with Crippen LogP contribution in [0.2, 0.25) is 0 Å². The van der Waals surface area contributed by atoms with Crippen LogP contribution < -0.4 is 0 Å². The van der Waals surface area contributed by atoms with Gasteiger partial charge in [-0.25, -0.2) is 13.8 Å². The van der Waals surface area contributed by atoms with E-state index in [1.54, 1.807) is 35.2 Å². The molecular formula is C21H21FN4OS3. The summed E-state index contributed by atoms with van der Waals surface area (Å²) in [5.74, 6) is 0.290. The highest BCUT2D eigenvalue weighted by atomic mass is 32.2. The van der Waals surface area contributed by atoms with E-state index in [2.05, 4.69) is 24.0 Å². The Labute approximate surface area is 186 Å². The van der Waals surface area contributed by atoms with Gasteiger partial charge < -0.3 is 4.74 Å². The molecule has 0 spiro atoms. The number of nitrogens with zero attached hydrogens (tertiary/aromatic N) is 4. The van der Waals surface area contributed by atoms with E-state index in [4.69, 9.17) is 9.72 Å². The zero-order valence-corrected chi connectivity index (χ0v) is 19.4. The lowest BCUT2D eigenvalue weighted by atomic mass is 9.90. The second kappa shape index (κ2) is 7.78. The molecule has 5 rings (SSSR count). The van der Waals surface area contributed by atoms with E-state index in [-0.39, 0.29) is 11.4 Å². The Bertz CT molecular complexity index is 1250. The van der Waals surface area contributed by atoms with Gasteiger partial charge >= 0.3 is 0 Å². The Kier molecular flexibility index (Phi) is 5.25. The van der Waals surface area contributed by atoms with Gasteiger partial charge in [-0.2, -0.15) is 0 Å². The summed E-state index contributed by atoms with van der Waals surface area (Å²) < 4.78 is 22.2. The van der Waals surface area contributed by atoms with Gasteiger partial charge in [0.05, 0.1) is 17.6 Å². The van der Waals surface area contributed by atoms with E-state index >= 15 is 0 Å². The van der Waals surface area contributed by atoms with Crippen LogP contribution in [0, 0.1) is 5.82 Å². The van der Waals surface area contributed by atoms with E-state index in [1.807, 2.05) is 16.7 Å². The first-order chi connectivity index (χ1) is 14.5. The third-order valence-corrected chi connectivity index (χ3v) is 8.38. The van der Waals surface area contributed by atoms with Gasteiger partial charge in [0.25, 0.3) is 0 Å². The Morgan fingerprint density at radius 3 is 2.87 bits per heavy atom. The quantitative estimate of drug-likeness (QED) is 0.280. The predicted octanol–water partition coefficient (Wildman–Crippen LogP) is 5.73.